The summed E-state index contributed by atoms with van der Waals surface area (Å²) in [4.78, 5) is 0. The Kier molecular flexibility index (Phi) is 4.35. The monoisotopic (exact) mass is 260 g/mol. The molecule has 0 saturated heterocycles. The molecule has 2 unspecified atom stereocenters. The zero-order valence-corrected chi connectivity index (χ0v) is 12.9. The number of allylic oxidation sites excluding steroid dienone is 4. The molecule has 2 rings (SSSR count). The number of hydrogen-bond donors (Lipinski definition) is 1. The summed E-state index contributed by atoms with van der Waals surface area (Å²) >= 11 is 0. The minimum absolute atomic E-state index is 0.584. The smallest absolute Gasteiger partial charge is 0.0894 e. The van der Waals surface area contributed by atoms with Gasteiger partial charge >= 0.3 is 0 Å². The third-order valence-electron chi connectivity index (χ3n) is 5.26. The van der Waals surface area contributed by atoms with Gasteiger partial charge in [0.25, 0.3) is 0 Å². The summed E-state index contributed by atoms with van der Waals surface area (Å²) in [5, 5.41) is 10.9. The van der Waals surface area contributed by atoms with Gasteiger partial charge in [-0.15, -0.1) is 0 Å². The van der Waals surface area contributed by atoms with Crippen LogP contribution in [0.25, 0.3) is 0 Å². The SMILES string of the molecule is CC1=CCC(C(C)=C(C)C2(O)CC=C(C)CC2)CC1. The van der Waals surface area contributed by atoms with Crippen LogP contribution in [0.15, 0.2) is 34.4 Å². The van der Waals surface area contributed by atoms with Gasteiger partial charge in [0.15, 0.2) is 0 Å². The van der Waals surface area contributed by atoms with Gasteiger partial charge in [-0.25, -0.2) is 0 Å². The second-order valence-corrected chi connectivity index (χ2v) is 6.62. The van der Waals surface area contributed by atoms with E-state index in [1.165, 1.54) is 35.1 Å². The van der Waals surface area contributed by atoms with Crippen LogP contribution in [0.3, 0.4) is 0 Å². The van der Waals surface area contributed by atoms with Crippen molar-refractivity contribution in [2.45, 2.75) is 71.8 Å². The summed E-state index contributed by atoms with van der Waals surface area (Å²) in [5.41, 5.74) is 5.02. The predicted octanol–water partition coefficient (Wildman–Crippen LogP) is 4.93. The molecule has 0 spiro atoms. The molecule has 106 valence electrons. The maximum absolute atomic E-state index is 10.9. The van der Waals surface area contributed by atoms with Crippen LogP contribution in [0, 0.1) is 5.92 Å². The van der Waals surface area contributed by atoms with E-state index in [0.717, 1.165) is 25.7 Å². The highest BCUT2D eigenvalue weighted by atomic mass is 16.3. The summed E-state index contributed by atoms with van der Waals surface area (Å²) < 4.78 is 0. The average Bonchev–Trinajstić information content (AvgIpc) is 2.41. The molecule has 0 saturated carbocycles. The van der Waals surface area contributed by atoms with Crippen LogP contribution < -0.4 is 0 Å². The van der Waals surface area contributed by atoms with E-state index in [1.54, 1.807) is 0 Å². The van der Waals surface area contributed by atoms with E-state index in [1.807, 2.05) is 0 Å². The molecule has 2 aliphatic carbocycles. The van der Waals surface area contributed by atoms with Crippen molar-refractivity contribution in [3.8, 4) is 0 Å². The van der Waals surface area contributed by atoms with E-state index >= 15 is 0 Å². The van der Waals surface area contributed by atoms with Crippen molar-refractivity contribution >= 4 is 0 Å². The van der Waals surface area contributed by atoms with Crippen LogP contribution >= 0.6 is 0 Å². The predicted molar refractivity (Wildman–Crippen MR) is 82.0 cm³/mol. The van der Waals surface area contributed by atoms with Crippen LogP contribution in [0.2, 0.25) is 0 Å². The molecule has 0 fully saturated rings. The molecule has 1 nitrogen and oxygen atoms in total. The maximum Gasteiger partial charge on any atom is 0.0894 e. The first-order chi connectivity index (χ1) is 8.92. The topological polar surface area (TPSA) is 20.2 Å². The van der Waals surface area contributed by atoms with E-state index < -0.39 is 5.60 Å². The van der Waals surface area contributed by atoms with Crippen LogP contribution in [0.4, 0.5) is 0 Å². The summed E-state index contributed by atoms with van der Waals surface area (Å²) in [5.74, 6) is 0.639. The highest BCUT2D eigenvalue weighted by molar-refractivity contribution is 5.28. The van der Waals surface area contributed by atoms with Gasteiger partial charge in [0.2, 0.25) is 0 Å². The molecular formula is C18H28O. The lowest BCUT2D eigenvalue weighted by molar-refractivity contribution is 0.0655. The normalized spacial score (nSPS) is 33.4. The Balaban J connectivity index is 2.17. The summed E-state index contributed by atoms with van der Waals surface area (Å²) in [6, 6.07) is 0. The molecule has 0 amide bonds. The molecule has 1 heteroatoms. The first-order valence-electron chi connectivity index (χ1n) is 7.64. The highest BCUT2D eigenvalue weighted by Gasteiger charge is 2.32. The van der Waals surface area contributed by atoms with E-state index in [4.69, 9.17) is 0 Å². The lowest BCUT2D eigenvalue weighted by Gasteiger charge is -2.35. The molecule has 0 heterocycles. The fraction of sp³-hybridized carbons (Fsp3) is 0.667. The van der Waals surface area contributed by atoms with Crippen molar-refractivity contribution in [1.29, 1.82) is 0 Å². The molecule has 0 bridgehead atoms. The van der Waals surface area contributed by atoms with Crippen LogP contribution in [-0.2, 0) is 0 Å². The lowest BCUT2D eigenvalue weighted by Crippen LogP contribution is -2.33. The van der Waals surface area contributed by atoms with E-state index in [9.17, 15) is 5.11 Å². The van der Waals surface area contributed by atoms with Crippen molar-refractivity contribution in [2.24, 2.45) is 5.92 Å². The number of aliphatic hydroxyl groups is 1. The molecule has 19 heavy (non-hydrogen) atoms. The van der Waals surface area contributed by atoms with Gasteiger partial charge in [-0.1, -0.05) is 28.9 Å². The summed E-state index contributed by atoms with van der Waals surface area (Å²) in [6.07, 6.45) is 10.9. The standard InChI is InChI=1S/C18H28O/c1-13-5-7-17(8-6-13)15(3)16(4)18(19)11-9-14(2)10-12-18/h5,9,17,19H,6-8,10-12H2,1-4H3. The van der Waals surface area contributed by atoms with Crippen LogP contribution in [-0.4, -0.2) is 10.7 Å². The van der Waals surface area contributed by atoms with Gasteiger partial charge in [0.05, 0.1) is 5.60 Å². The molecular weight excluding hydrogens is 232 g/mol. The molecule has 2 atom stereocenters. The van der Waals surface area contributed by atoms with Gasteiger partial charge < -0.3 is 5.11 Å². The molecule has 0 aromatic heterocycles. The first-order valence-corrected chi connectivity index (χ1v) is 7.64. The summed E-state index contributed by atoms with van der Waals surface area (Å²) in [7, 11) is 0. The van der Waals surface area contributed by atoms with E-state index in [2.05, 4.69) is 39.8 Å². The average molecular weight is 260 g/mol. The Morgan fingerprint density at radius 3 is 2.37 bits per heavy atom. The van der Waals surface area contributed by atoms with Gasteiger partial charge in [-0.2, -0.15) is 0 Å². The quantitative estimate of drug-likeness (QED) is 0.698. The fourth-order valence-corrected chi connectivity index (χ4v) is 3.32. The zero-order valence-electron chi connectivity index (χ0n) is 12.9. The van der Waals surface area contributed by atoms with Gasteiger partial charge in [0.1, 0.15) is 0 Å². The Hall–Kier alpha value is -0.820. The molecule has 0 aromatic carbocycles. The Morgan fingerprint density at radius 1 is 1.16 bits per heavy atom. The maximum atomic E-state index is 10.9. The molecule has 0 radical (unpaired) electrons. The molecule has 0 aliphatic heterocycles. The van der Waals surface area contributed by atoms with Crippen LogP contribution in [0.1, 0.15) is 66.2 Å². The number of rotatable bonds is 2. The molecule has 0 aromatic rings. The Labute approximate surface area is 118 Å². The summed E-state index contributed by atoms with van der Waals surface area (Å²) in [6.45, 7) is 8.78. The van der Waals surface area contributed by atoms with Gasteiger partial charge in [-0.05, 0) is 77.7 Å². The first kappa shape index (κ1) is 14.6. The van der Waals surface area contributed by atoms with Gasteiger partial charge in [-0.3, -0.25) is 0 Å². The fourth-order valence-electron chi connectivity index (χ4n) is 3.32. The van der Waals surface area contributed by atoms with Crippen LogP contribution in [0.5, 0.6) is 0 Å². The van der Waals surface area contributed by atoms with Crippen molar-refractivity contribution in [2.75, 3.05) is 0 Å². The molecule has 1 N–H and O–H groups in total. The Bertz CT molecular complexity index is 439. The minimum atomic E-state index is -0.584. The van der Waals surface area contributed by atoms with E-state index in [-0.39, 0.29) is 0 Å². The molecule has 2 aliphatic rings. The van der Waals surface area contributed by atoms with Crippen molar-refractivity contribution < 1.29 is 5.11 Å². The third-order valence-corrected chi connectivity index (χ3v) is 5.26. The lowest BCUT2D eigenvalue weighted by atomic mass is 9.75. The van der Waals surface area contributed by atoms with Gasteiger partial charge in [0, 0.05) is 0 Å². The minimum Gasteiger partial charge on any atom is -0.385 e. The van der Waals surface area contributed by atoms with Crippen molar-refractivity contribution in [3.63, 3.8) is 0 Å². The van der Waals surface area contributed by atoms with Crippen molar-refractivity contribution in [3.05, 3.63) is 34.4 Å². The van der Waals surface area contributed by atoms with E-state index in [0.29, 0.717) is 5.92 Å². The second-order valence-electron chi connectivity index (χ2n) is 6.62. The highest BCUT2D eigenvalue weighted by Crippen LogP contribution is 2.38. The zero-order chi connectivity index (χ0) is 14.0. The second kappa shape index (κ2) is 5.66. The Morgan fingerprint density at radius 2 is 1.84 bits per heavy atom. The largest absolute Gasteiger partial charge is 0.385 e. The number of hydrogen-bond acceptors (Lipinski definition) is 1. The van der Waals surface area contributed by atoms with Crippen molar-refractivity contribution in [1.82, 2.24) is 0 Å². The third kappa shape index (κ3) is 3.20.